The zero-order valence-electron chi connectivity index (χ0n) is 14.8. The first-order chi connectivity index (χ1) is 13.5. The molecule has 0 radical (unpaired) electrons. The minimum atomic E-state index is -1.20. The zero-order chi connectivity index (χ0) is 19.5. The van der Waals surface area contributed by atoms with Crippen molar-refractivity contribution in [1.82, 2.24) is 9.78 Å². The van der Waals surface area contributed by atoms with Crippen LogP contribution in [0.4, 0.5) is 11.5 Å². The molecule has 2 amide bonds. The molecule has 28 heavy (non-hydrogen) atoms. The monoisotopic (exact) mass is 394 g/mol. The Balaban J connectivity index is 1.73. The highest BCUT2D eigenvalue weighted by Crippen LogP contribution is 2.52. The first kappa shape index (κ1) is 16.8. The van der Waals surface area contributed by atoms with Crippen LogP contribution in [0.5, 0.6) is 5.75 Å². The predicted molar refractivity (Wildman–Crippen MR) is 104 cm³/mol. The Bertz CT molecular complexity index is 1140. The van der Waals surface area contributed by atoms with Crippen LogP contribution in [0.3, 0.4) is 0 Å². The minimum absolute atomic E-state index is 0.0309. The molecule has 0 fully saturated rings. The fourth-order valence-electron chi connectivity index (χ4n) is 4.04. The minimum Gasteiger partial charge on any atom is -0.497 e. The molecule has 0 saturated carbocycles. The molecule has 3 heterocycles. The molecule has 1 unspecified atom stereocenters. The standard InChI is InChI=1S/C20H15ClN4O3/c1-28-12-7-5-11(6-8-12)25-18-13(10-22-25)20(9-16(26)24-18)17-14(21)3-2-4-15(17)23-19(20)27/h2-8,10H,9H2,1H3,(H,23,27)(H,24,26). The van der Waals surface area contributed by atoms with Gasteiger partial charge in [0.1, 0.15) is 17.0 Å². The SMILES string of the molecule is COc1ccc(-n2ncc3c2NC(=O)CC32C(=O)Nc3cccc(Cl)c32)cc1. The molecule has 1 spiro atoms. The number of hydrogen-bond donors (Lipinski definition) is 2. The molecule has 3 aromatic rings. The van der Waals surface area contributed by atoms with Gasteiger partial charge in [-0.1, -0.05) is 17.7 Å². The third-order valence-electron chi connectivity index (χ3n) is 5.31. The number of fused-ring (bicyclic) bond motifs is 4. The van der Waals surface area contributed by atoms with E-state index in [-0.39, 0.29) is 18.2 Å². The van der Waals surface area contributed by atoms with Gasteiger partial charge >= 0.3 is 0 Å². The summed E-state index contributed by atoms with van der Waals surface area (Å²) >= 11 is 6.46. The molecular formula is C20H15ClN4O3. The molecule has 2 aliphatic rings. The average Bonchev–Trinajstić information content (AvgIpc) is 3.22. The number of rotatable bonds is 2. The number of nitrogens with one attached hydrogen (secondary N) is 2. The molecular weight excluding hydrogens is 380 g/mol. The number of carbonyl (C=O) groups is 2. The van der Waals surface area contributed by atoms with E-state index in [1.807, 2.05) is 12.1 Å². The summed E-state index contributed by atoms with van der Waals surface area (Å²) in [5.74, 6) is 0.622. The summed E-state index contributed by atoms with van der Waals surface area (Å²) < 4.78 is 6.80. The van der Waals surface area contributed by atoms with Gasteiger partial charge in [-0.3, -0.25) is 9.59 Å². The maximum atomic E-state index is 13.1. The Hall–Kier alpha value is -3.32. The smallest absolute Gasteiger partial charge is 0.240 e. The van der Waals surface area contributed by atoms with E-state index in [4.69, 9.17) is 16.3 Å². The molecule has 1 atom stereocenters. The fraction of sp³-hybridized carbons (Fsp3) is 0.150. The van der Waals surface area contributed by atoms with E-state index >= 15 is 0 Å². The van der Waals surface area contributed by atoms with E-state index in [2.05, 4.69) is 15.7 Å². The van der Waals surface area contributed by atoms with Crippen molar-refractivity contribution in [2.24, 2.45) is 0 Å². The molecule has 0 aliphatic carbocycles. The summed E-state index contributed by atoms with van der Waals surface area (Å²) in [7, 11) is 1.59. The first-order valence-electron chi connectivity index (χ1n) is 8.68. The van der Waals surface area contributed by atoms with Crippen LogP contribution in [0.25, 0.3) is 5.69 Å². The van der Waals surface area contributed by atoms with Crippen LogP contribution in [-0.2, 0) is 15.0 Å². The van der Waals surface area contributed by atoms with Crippen LogP contribution in [0.2, 0.25) is 5.02 Å². The van der Waals surface area contributed by atoms with E-state index in [0.29, 0.717) is 33.4 Å². The number of amides is 2. The molecule has 2 N–H and O–H groups in total. The number of halogens is 1. The van der Waals surface area contributed by atoms with Crippen molar-refractivity contribution in [3.8, 4) is 11.4 Å². The summed E-state index contributed by atoms with van der Waals surface area (Å²) in [5, 5.41) is 10.6. The molecule has 7 nitrogen and oxygen atoms in total. The Labute approximate surface area is 165 Å². The molecule has 1 aromatic heterocycles. The Morgan fingerprint density at radius 1 is 1.14 bits per heavy atom. The van der Waals surface area contributed by atoms with Gasteiger partial charge in [0.15, 0.2) is 0 Å². The highest BCUT2D eigenvalue weighted by atomic mass is 35.5. The largest absolute Gasteiger partial charge is 0.497 e. The average molecular weight is 395 g/mol. The van der Waals surface area contributed by atoms with Gasteiger partial charge in [0, 0.05) is 28.3 Å². The van der Waals surface area contributed by atoms with Crippen LogP contribution >= 0.6 is 11.6 Å². The van der Waals surface area contributed by atoms with E-state index in [1.54, 1.807) is 48.3 Å². The van der Waals surface area contributed by atoms with Crippen LogP contribution in [0, 0.1) is 0 Å². The van der Waals surface area contributed by atoms with Crippen molar-refractivity contribution in [3.63, 3.8) is 0 Å². The summed E-state index contributed by atoms with van der Waals surface area (Å²) in [6.07, 6.45) is 1.59. The lowest BCUT2D eigenvalue weighted by molar-refractivity contribution is -0.125. The summed E-state index contributed by atoms with van der Waals surface area (Å²) in [6.45, 7) is 0. The third-order valence-corrected chi connectivity index (χ3v) is 5.62. The summed E-state index contributed by atoms with van der Waals surface area (Å²) in [5.41, 5.74) is 1.39. The first-order valence-corrected chi connectivity index (χ1v) is 9.05. The number of carbonyl (C=O) groups excluding carboxylic acids is 2. The lowest BCUT2D eigenvalue weighted by Gasteiger charge is -2.32. The maximum absolute atomic E-state index is 13.1. The van der Waals surface area contributed by atoms with Crippen LogP contribution in [0.15, 0.2) is 48.7 Å². The van der Waals surface area contributed by atoms with Crippen molar-refractivity contribution in [2.75, 3.05) is 17.7 Å². The molecule has 2 aromatic carbocycles. The van der Waals surface area contributed by atoms with Gasteiger partial charge in [-0.15, -0.1) is 0 Å². The van der Waals surface area contributed by atoms with Crippen LogP contribution in [0.1, 0.15) is 17.5 Å². The Kier molecular flexibility index (Phi) is 3.51. The Morgan fingerprint density at radius 3 is 2.68 bits per heavy atom. The molecule has 140 valence electrons. The van der Waals surface area contributed by atoms with Crippen molar-refractivity contribution in [1.29, 1.82) is 0 Å². The number of aromatic nitrogens is 2. The molecule has 8 heteroatoms. The normalized spacial score (nSPS) is 19.8. The van der Waals surface area contributed by atoms with E-state index in [1.165, 1.54) is 0 Å². The van der Waals surface area contributed by atoms with Crippen LogP contribution in [-0.4, -0.2) is 28.7 Å². The van der Waals surface area contributed by atoms with E-state index in [9.17, 15) is 9.59 Å². The van der Waals surface area contributed by atoms with Crippen molar-refractivity contribution >= 4 is 34.9 Å². The van der Waals surface area contributed by atoms with Gasteiger partial charge in [-0.2, -0.15) is 5.10 Å². The predicted octanol–water partition coefficient (Wildman–Crippen LogP) is 3.11. The number of anilines is 2. The van der Waals surface area contributed by atoms with Gasteiger partial charge in [0.25, 0.3) is 0 Å². The van der Waals surface area contributed by atoms with Gasteiger partial charge in [0.05, 0.1) is 19.0 Å². The lowest BCUT2D eigenvalue weighted by atomic mass is 9.72. The van der Waals surface area contributed by atoms with Crippen molar-refractivity contribution < 1.29 is 14.3 Å². The second-order valence-electron chi connectivity index (χ2n) is 6.76. The fourth-order valence-corrected chi connectivity index (χ4v) is 4.38. The second kappa shape index (κ2) is 5.84. The van der Waals surface area contributed by atoms with Gasteiger partial charge in [0.2, 0.25) is 11.8 Å². The zero-order valence-corrected chi connectivity index (χ0v) is 15.6. The number of benzene rings is 2. The number of nitrogens with zero attached hydrogens (tertiary/aromatic N) is 2. The molecule has 0 saturated heterocycles. The topological polar surface area (TPSA) is 85.2 Å². The van der Waals surface area contributed by atoms with E-state index in [0.717, 1.165) is 5.69 Å². The van der Waals surface area contributed by atoms with Crippen LogP contribution < -0.4 is 15.4 Å². The number of hydrogen-bond acceptors (Lipinski definition) is 4. The van der Waals surface area contributed by atoms with Gasteiger partial charge < -0.3 is 15.4 Å². The van der Waals surface area contributed by atoms with Crippen molar-refractivity contribution in [3.05, 3.63) is 64.8 Å². The number of methoxy groups -OCH3 is 1. The summed E-state index contributed by atoms with van der Waals surface area (Å²) in [4.78, 5) is 25.7. The second-order valence-corrected chi connectivity index (χ2v) is 7.17. The van der Waals surface area contributed by atoms with Gasteiger partial charge in [-0.05, 0) is 36.4 Å². The molecule has 2 aliphatic heterocycles. The van der Waals surface area contributed by atoms with Crippen molar-refractivity contribution in [2.45, 2.75) is 11.8 Å². The molecule has 0 bridgehead atoms. The van der Waals surface area contributed by atoms with Gasteiger partial charge in [-0.25, -0.2) is 4.68 Å². The number of ether oxygens (including phenoxy) is 1. The summed E-state index contributed by atoms with van der Waals surface area (Å²) in [6, 6.07) is 12.5. The lowest BCUT2D eigenvalue weighted by Crippen LogP contribution is -2.43. The highest BCUT2D eigenvalue weighted by Gasteiger charge is 2.55. The Morgan fingerprint density at radius 2 is 1.93 bits per heavy atom. The quantitative estimate of drug-likeness (QED) is 0.699. The third kappa shape index (κ3) is 2.13. The highest BCUT2D eigenvalue weighted by molar-refractivity contribution is 6.33. The maximum Gasteiger partial charge on any atom is 0.240 e. The van der Waals surface area contributed by atoms with E-state index < -0.39 is 5.41 Å². The molecule has 5 rings (SSSR count).